The second-order valence-corrected chi connectivity index (χ2v) is 3.22. The van der Waals surface area contributed by atoms with E-state index in [0.717, 1.165) is 22.9 Å². The molecule has 1 aliphatic rings. The van der Waals surface area contributed by atoms with Crippen molar-refractivity contribution in [2.75, 3.05) is 5.32 Å². The molecule has 0 spiro atoms. The molecule has 2 aromatic rings. The number of hydrogen-bond donors (Lipinski definition) is 1. The minimum absolute atomic E-state index is 0. The van der Waals surface area contributed by atoms with Gasteiger partial charge in [0.1, 0.15) is 0 Å². The molecular weight excluding hydrogens is 205 g/mol. The molecule has 2 aromatic carbocycles. The van der Waals surface area contributed by atoms with Gasteiger partial charge in [-0.1, -0.05) is 24.3 Å². The van der Waals surface area contributed by atoms with Crippen LogP contribution in [-0.2, 0) is 0 Å². The van der Waals surface area contributed by atoms with E-state index in [2.05, 4.69) is 5.32 Å². The van der Waals surface area contributed by atoms with Crippen molar-refractivity contribution >= 4 is 21.3 Å². The summed E-state index contributed by atoms with van der Waals surface area (Å²) in [4.78, 5) is 0. The van der Waals surface area contributed by atoms with Crippen LogP contribution in [0.2, 0.25) is 0 Å². The van der Waals surface area contributed by atoms with Crippen LogP contribution in [0.5, 0.6) is 11.5 Å². The monoisotopic (exact) mass is 217 g/mol. The van der Waals surface area contributed by atoms with Gasteiger partial charge >= 0.3 is 0 Å². The third-order valence-corrected chi connectivity index (χ3v) is 2.26. The minimum Gasteiger partial charge on any atom is -0.453 e. The van der Waals surface area contributed by atoms with Crippen molar-refractivity contribution in [2.45, 2.75) is 0 Å². The molecule has 0 saturated heterocycles. The molecule has 0 radical (unpaired) electrons. The van der Waals surface area contributed by atoms with E-state index in [1.807, 2.05) is 48.5 Å². The Bertz CT molecular complexity index is 397. The predicted molar refractivity (Wildman–Crippen MR) is 67.3 cm³/mol. The van der Waals surface area contributed by atoms with E-state index in [1.165, 1.54) is 0 Å². The van der Waals surface area contributed by atoms with E-state index in [1.54, 1.807) is 0 Å². The normalized spacial score (nSPS) is 11.2. The predicted octanol–water partition coefficient (Wildman–Crippen LogP) is 3.59. The third kappa shape index (κ3) is 1.69. The van der Waals surface area contributed by atoms with Gasteiger partial charge in [0, 0.05) is 0 Å². The molecule has 1 N–H and O–H groups in total. The molecule has 0 fully saturated rings. The highest BCUT2D eigenvalue weighted by Gasteiger charge is 2.13. The maximum Gasteiger partial charge on any atom is 0.150 e. The van der Waals surface area contributed by atoms with Crippen LogP contribution in [0.4, 0.5) is 11.4 Å². The smallest absolute Gasteiger partial charge is 0.150 e. The average molecular weight is 217 g/mol. The van der Waals surface area contributed by atoms with Crippen LogP contribution in [0, 0.1) is 0 Å². The fraction of sp³-hybridized carbons (Fsp3) is 0. The molecule has 15 heavy (non-hydrogen) atoms. The SMILES string of the molecule is P.c1ccc2c(c1)Nc1ccccc1O2. The fourth-order valence-corrected chi connectivity index (χ4v) is 1.58. The van der Waals surface area contributed by atoms with Crippen molar-refractivity contribution in [3.63, 3.8) is 0 Å². The van der Waals surface area contributed by atoms with Gasteiger partial charge in [-0.05, 0) is 24.3 Å². The first-order valence-corrected chi connectivity index (χ1v) is 4.56. The van der Waals surface area contributed by atoms with Crippen LogP contribution in [0.3, 0.4) is 0 Å². The Balaban J connectivity index is 0.000000853. The second kappa shape index (κ2) is 3.92. The number of hydrogen-bond acceptors (Lipinski definition) is 2. The molecule has 1 heterocycles. The summed E-state index contributed by atoms with van der Waals surface area (Å²) in [6.07, 6.45) is 0. The summed E-state index contributed by atoms with van der Waals surface area (Å²) in [6, 6.07) is 15.8. The highest BCUT2D eigenvalue weighted by atomic mass is 31.0. The Morgan fingerprint density at radius 3 is 1.73 bits per heavy atom. The molecule has 0 aromatic heterocycles. The van der Waals surface area contributed by atoms with Gasteiger partial charge in [0.2, 0.25) is 0 Å². The summed E-state index contributed by atoms with van der Waals surface area (Å²) in [7, 11) is 0. The average Bonchev–Trinajstić information content (AvgIpc) is 2.26. The molecule has 1 unspecified atom stereocenters. The molecule has 0 saturated carbocycles. The number of fused-ring (bicyclic) bond motifs is 2. The van der Waals surface area contributed by atoms with Gasteiger partial charge < -0.3 is 10.1 Å². The van der Waals surface area contributed by atoms with Gasteiger partial charge in [-0.25, -0.2) is 0 Å². The maximum atomic E-state index is 5.71. The zero-order valence-corrected chi connectivity index (χ0v) is 9.65. The van der Waals surface area contributed by atoms with Crippen LogP contribution in [0.15, 0.2) is 48.5 Å². The molecule has 1 atom stereocenters. The number of benzene rings is 2. The van der Waals surface area contributed by atoms with Crippen molar-refractivity contribution in [1.29, 1.82) is 0 Å². The molecule has 0 amide bonds. The topological polar surface area (TPSA) is 21.3 Å². The van der Waals surface area contributed by atoms with E-state index < -0.39 is 0 Å². The third-order valence-electron chi connectivity index (χ3n) is 2.26. The van der Waals surface area contributed by atoms with Crippen LogP contribution >= 0.6 is 9.90 Å². The summed E-state index contributed by atoms with van der Waals surface area (Å²) in [5, 5.41) is 3.32. The number of para-hydroxylation sites is 4. The summed E-state index contributed by atoms with van der Waals surface area (Å²) >= 11 is 0. The Morgan fingerprint density at radius 2 is 1.20 bits per heavy atom. The number of anilines is 2. The van der Waals surface area contributed by atoms with E-state index in [9.17, 15) is 0 Å². The number of rotatable bonds is 0. The van der Waals surface area contributed by atoms with Gasteiger partial charge in [0.15, 0.2) is 11.5 Å². The largest absolute Gasteiger partial charge is 0.453 e. The molecule has 2 nitrogen and oxygen atoms in total. The summed E-state index contributed by atoms with van der Waals surface area (Å²) in [6.45, 7) is 0. The zero-order valence-electron chi connectivity index (χ0n) is 8.23. The second-order valence-electron chi connectivity index (χ2n) is 3.22. The van der Waals surface area contributed by atoms with E-state index in [-0.39, 0.29) is 9.90 Å². The van der Waals surface area contributed by atoms with Crippen molar-refractivity contribution in [1.82, 2.24) is 0 Å². The molecule has 76 valence electrons. The molecule has 0 aliphatic carbocycles. The quantitative estimate of drug-likeness (QED) is 0.581. The van der Waals surface area contributed by atoms with Crippen LogP contribution < -0.4 is 10.1 Å². The van der Waals surface area contributed by atoms with Crippen molar-refractivity contribution in [2.24, 2.45) is 0 Å². The van der Waals surface area contributed by atoms with E-state index in [0.29, 0.717) is 0 Å². The highest BCUT2D eigenvalue weighted by molar-refractivity contribution is 6.92. The van der Waals surface area contributed by atoms with Crippen LogP contribution in [0.1, 0.15) is 0 Å². The fourth-order valence-electron chi connectivity index (χ4n) is 1.58. The molecule has 3 rings (SSSR count). The minimum atomic E-state index is 0. The summed E-state index contributed by atoms with van der Waals surface area (Å²) in [5.41, 5.74) is 2.04. The van der Waals surface area contributed by atoms with Crippen LogP contribution in [-0.4, -0.2) is 0 Å². The Kier molecular flexibility index (Phi) is 2.61. The van der Waals surface area contributed by atoms with E-state index in [4.69, 9.17) is 4.74 Å². The van der Waals surface area contributed by atoms with Crippen LogP contribution in [0.25, 0.3) is 0 Å². The van der Waals surface area contributed by atoms with Crippen molar-refractivity contribution in [3.05, 3.63) is 48.5 Å². The zero-order chi connectivity index (χ0) is 9.38. The maximum absolute atomic E-state index is 5.71. The molecule has 0 bridgehead atoms. The van der Waals surface area contributed by atoms with Crippen molar-refractivity contribution in [3.8, 4) is 11.5 Å². The molecular formula is C12H12NOP. The highest BCUT2D eigenvalue weighted by Crippen LogP contribution is 2.40. The summed E-state index contributed by atoms with van der Waals surface area (Å²) in [5.74, 6) is 1.76. The van der Waals surface area contributed by atoms with Gasteiger partial charge in [0.25, 0.3) is 0 Å². The lowest BCUT2D eigenvalue weighted by molar-refractivity contribution is 0.481. The molecule has 3 heteroatoms. The molecule has 1 aliphatic heterocycles. The number of nitrogens with one attached hydrogen (secondary N) is 1. The number of ether oxygens (including phenoxy) is 1. The van der Waals surface area contributed by atoms with Gasteiger partial charge in [-0.3, -0.25) is 0 Å². The lowest BCUT2D eigenvalue weighted by Crippen LogP contribution is -2.01. The summed E-state index contributed by atoms with van der Waals surface area (Å²) < 4.78 is 5.71. The lowest BCUT2D eigenvalue weighted by Gasteiger charge is -2.20. The van der Waals surface area contributed by atoms with E-state index >= 15 is 0 Å². The first kappa shape index (κ1) is 10.0. The standard InChI is InChI=1S/C12H9NO.H3P/c1-3-7-11-9(5-1)13-10-6-2-4-8-12(10)14-11;/h1-8,13H;1H3. The van der Waals surface area contributed by atoms with Crippen molar-refractivity contribution < 1.29 is 4.74 Å². The van der Waals surface area contributed by atoms with Gasteiger partial charge in [-0.15, -0.1) is 0 Å². The Hall–Kier alpha value is -1.53. The van der Waals surface area contributed by atoms with Gasteiger partial charge in [-0.2, -0.15) is 9.90 Å². The first-order chi connectivity index (χ1) is 6.93. The lowest BCUT2D eigenvalue weighted by atomic mass is 10.2. The first-order valence-electron chi connectivity index (χ1n) is 4.56. The van der Waals surface area contributed by atoms with Gasteiger partial charge in [0.05, 0.1) is 11.4 Å². The Morgan fingerprint density at radius 1 is 0.733 bits per heavy atom. The Labute approximate surface area is 91.9 Å².